The van der Waals surface area contributed by atoms with E-state index in [4.69, 9.17) is 23.2 Å². The number of hydrogen-bond donors (Lipinski definition) is 3. The van der Waals surface area contributed by atoms with Gasteiger partial charge in [0.25, 0.3) is 5.91 Å². The van der Waals surface area contributed by atoms with Gasteiger partial charge in [0.1, 0.15) is 0 Å². The van der Waals surface area contributed by atoms with Crippen LogP contribution < -0.4 is 10.6 Å². The number of carbonyl (C=O) groups excluding carboxylic acids is 3. The maximum Gasteiger partial charge on any atom is 0.251 e. The van der Waals surface area contributed by atoms with Crippen LogP contribution in [0.15, 0.2) is 30.6 Å². The highest BCUT2D eigenvalue weighted by atomic mass is 35.5. The lowest BCUT2D eigenvalue weighted by atomic mass is 10.0. The SMILES string of the molecule is CCCNC(=O)c1cc(Cl)c(C(=O)c2c[nH]c3c(NC(C)=O)nccc23)c(Cl)c1. The van der Waals surface area contributed by atoms with Gasteiger partial charge < -0.3 is 15.6 Å². The number of pyridine rings is 1. The van der Waals surface area contributed by atoms with E-state index in [-0.39, 0.29) is 33.0 Å². The average molecular weight is 433 g/mol. The minimum atomic E-state index is -0.410. The van der Waals surface area contributed by atoms with Crippen LogP contribution >= 0.6 is 23.2 Å². The van der Waals surface area contributed by atoms with Crippen molar-refractivity contribution in [3.63, 3.8) is 0 Å². The molecular weight excluding hydrogens is 415 g/mol. The van der Waals surface area contributed by atoms with Crippen LogP contribution in [0.5, 0.6) is 0 Å². The van der Waals surface area contributed by atoms with Crippen molar-refractivity contribution < 1.29 is 14.4 Å². The lowest BCUT2D eigenvalue weighted by Crippen LogP contribution is -2.24. The van der Waals surface area contributed by atoms with Gasteiger partial charge >= 0.3 is 0 Å². The second-order valence-electron chi connectivity index (χ2n) is 6.37. The van der Waals surface area contributed by atoms with Crippen LogP contribution in [0.25, 0.3) is 10.9 Å². The number of rotatable bonds is 6. The minimum absolute atomic E-state index is 0.0784. The van der Waals surface area contributed by atoms with Crippen molar-refractivity contribution in [2.24, 2.45) is 0 Å². The van der Waals surface area contributed by atoms with E-state index in [1.807, 2.05) is 6.92 Å². The number of halogens is 2. The Morgan fingerprint density at radius 2 is 1.86 bits per heavy atom. The van der Waals surface area contributed by atoms with Gasteiger partial charge in [-0.05, 0) is 24.6 Å². The molecule has 0 aliphatic carbocycles. The number of nitrogens with one attached hydrogen (secondary N) is 3. The van der Waals surface area contributed by atoms with Gasteiger partial charge in [-0.1, -0.05) is 30.1 Å². The molecule has 0 saturated heterocycles. The molecule has 2 amide bonds. The monoisotopic (exact) mass is 432 g/mol. The van der Waals surface area contributed by atoms with E-state index in [1.165, 1.54) is 31.5 Å². The van der Waals surface area contributed by atoms with Crippen LogP contribution in [0.1, 0.15) is 46.5 Å². The quantitative estimate of drug-likeness (QED) is 0.507. The van der Waals surface area contributed by atoms with E-state index in [1.54, 1.807) is 6.07 Å². The van der Waals surface area contributed by atoms with Crippen LogP contribution in [-0.4, -0.2) is 34.1 Å². The van der Waals surface area contributed by atoms with Crippen LogP contribution in [0.2, 0.25) is 10.0 Å². The van der Waals surface area contributed by atoms with Crippen molar-refractivity contribution in [1.29, 1.82) is 0 Å². The smallest absolute Gasteiger partial charge is 0.251 e. The number of amides is 2. The van der Waals surface area contributed by atoms with E-state index in [2.05, 4.69) is 20.6 Å². The van der Waals surface area contributed by atoms with E-state index in [9.17, 15) is 14.4 Å². The summed E-state index contributed by atoms with van der Waals surface area (Å²) in [5.74, 6) is -0.691. The van der Waals surface area contributed by atoms with Gasteiger partial charge in [-0.15, -0.1) is 0 Å². The Morgan fingerprint density at radius 1 is 1.17 bits per heavy atom. The van der Waals surface area contributed by atoms with Crippen molar-refractivity contribution in [3.05, 3.63) is 57.3 Å². The molecule has 2 aromatic heterocycles. The Bertz CT molecular complexity index is 1100. The molecule has 0 saturated carbocycles. The number of fused-ring (bicyclic) bond motifs is 1. The summed E-state index contributed by atoms with van der Waals surface area (Å²) in [4.78, 5) is 43.7. The third-order valence-electron chi connectivity index (χ3n) is 4.21. The van der Waals surface area contributed by atoms with Crippen LogP contribution in [0.3, 0.4) is 0 Å². The molecule has 3 N–H and O–H groups in total. The predicted molar refractivity (Wildman–Crippen MR) is 113 cm³/mol. The number of hydrogen-bond acceptors (Lipinski definition) is 4. The van der Waals surface area contributed by atoms with Gasteiger partial charge in [-0.3, -0.25) is 14.4 Å². The predicted octanol–water partition coefficient (Wildman–Crippen LogP) is 4.20. The lowest BCUT2D eigenvalue weighted by Gasteiger charge is -2.10. The molecule has 29 heavy (non-hydrogen) atoms. The maximum absolute atomic E-state index is 13.2. The van der Waals surface area contributed by atoms with Gasteiger partial charge in [0.05, 0.1) is 21.1 Å². The molecule has 1 aromatic carbocycles. The molecule has 0 unspecified atom stereocenters. The van der Waals surface area contributed by atoms with E-state index >= 15 is 0 Å². The highest BCUT2D eigenvalue weighted by molar-refractivity contribution is 6.42. The Morgan fingerprint density at radius 3 is 2.48 bits per heavy atom. The first-order valence-electron chi connectivity index (χ1n) is 8.89. The summed E-state index contributed by atoms with van der Waals surface area (Å²) in [7, 11) is 0. The lowest BCUT2D eigenvalue weighted by molar-refractivity contribution is -0.114. The molecule has 2 heterocycles. The highest BCUT2D eigenvalue weighted by Gasteiger charge is 2.23. The normalized spacial score (nSPS) is 10.8. The fourth-order valence-corrected chi connectivity index (χ4v) is 3.56. The van der Waals surface area contributed by atoms with Crippen molar-refractivity contribution in [2.45, 2.75) is 20.3 Å². The number of aromatic nitrogens is 2. The van der Waals surface area contributed by atoms with Gasteiger partial charge in [0.15, 0.2) is 11.6 Å². The van der Waals surface area contributed by atoms with Gasteiger partial charge in [-0.2, -0.15) is 0 Å². The van der Waals surface area contributed by atoms with Crippen molar-refractivity contribution in [3.8, 4) is 0 Å². The molecule has 0 radical (unpaired) electrons. The molecular formula is C20H18Cl2N4O3. The third-order valence-corrected chi connectivity index (χ3v) is 4.80. The van der Waals surface area contributed by atoms with Gasteiger partial charge in [-0.25, -0.2) is 4.98 Å². The Kier molecular flexibility index (Phi) is 6.20. The number of ketones is 1. The van der Waals surface area contributed by atoms with E-state index in [0.29, 0.717) is 28.8 Å². The zero-order valence-electron chi connectivity index (χ0n) is 15.7. The van der Waals surface area contributed by atoms with E-state index < -0.39 is 5.78 Å². The summed E-state index contributed by atoms with van der Waals surface area (Å²) in [6.45, 7) is 3.83. The number of nitrogens with zero attached hydrogens (tertiary/aromatic N) is 1. The van der Waals surface area contributed by atoms with Gasteiger partial charge in [0.2, 0.25) is 5.91 Å². The molecule has 9 heteroatoms. The summed E-state index contributed by atoms with van der Waals surface area (Å²) >= 11 is 12.6. The molecule has 0 fully saturated rings. The Hall–Kier alpha value is -2.90. The second-order valence-corrected chi connectivity index (χ2v) is 7.18. The number of anilines is 1. The highest BCUT2D eigenvalue weighted by Crippen LogP contribution is 2.32. The zero-order chi connectivity index (χ0) is 21.1. The summed E-state index contributed by atoms with van der Waals surface area (Å²) in [6, 6.07) is 4.49. The van der Waals surface area contributed by atoms with Crippen molar-refractivity contribution in [1.82, 2.24) is 15.3 Å². The molecule has 3 rings (SSSR count). The zero-order valence-corrected chi connectivity index (χ0v) is 17.2. The van der Waals surface area contributed by atoms with Crippen molar-refractivity contribution in [2.75, 3.05) is 11.9 Å². The van der Waals surface area contributed by atoms with Crippen molar-refractivity contribution >= 4 is 57.5 Å². The minimum Gasteiger partial charge on any atom is -0.357 e. The molecule has 3 aromatic rings. The topological polar surface area (TPSA) is 104 Å². The number of benzene rings is 1. The molecule has 7 nitrogen and oxygen atoms in total. The molecule has 0 bridgehead atoms. The average Bonchev–Trinajstić information content (AvgIpc) is 3.10. The molecule has 0 aliphatic heterocycles. The summed E-state index contributed by atoms with van der Waals surface area (Å²) < 4.78 is 0. The summed E-state index contributed by atoms with van der Waals surface area (Å²) in [5.41, 5.74) is 1.20. The molecule has 0 spiro atoms. The van der Waals surface area contributed by atoms with E-state index in [0.717, 1.165) is 6.42 Å². The fraction of sp³-hybridized carbons (Fsp3) is 0.200. The number of carbonyl (C=O) groups is 3. The summed E-state index contributed by atoms with van der Waals surface area (Å²) in [6.07, 6.45) is 3.79. The van der Waals surface area contributed by atoms with Crippen LogP contribution in [-0.2, 0) is 4.79 Å². The standard InChI is InChI=1S/C20H18Cl2N4O3/c1-3-5-24-20(29)11-7-14(21)16(15(22)8-11)18(28)13-9-25-17-12(13)4-6-23-19(17)26-10(2)27/h4,6-9,25H,3,5H2,1-2H3,(H,24,29)(H,23,26,27). The van der Waals surface area contributed by atoms with Crippen LogP contribution in [0.4, 0.5) is 5.82 Å². The van der Waals surface area contributed by atoms with Gasteiger partial charge in [0, 0.05) is 42.4 Å². The fourth-order valence-electron chi connectivity index (χ4n) is 2.90. The summed E-state index contributed by atoms with van der Waals surface area (Å²) in [5, 5.41) is 6.07. The third kappa shape index (κ3) is 4.26. The molecule has 0 atom stereocenters. The molecule has 150 valence electrons. The van der Waals surface area contributed by atoms with Crippen LogP contribution in [0, 0.1) is 0 Å². The number of aromatic amines is 1. The second kappa shape index (κ2) is 8.63. The molecule has 0 aliphatic rings. The first kappa shape index (κ1) is 20.8. The maximum atomic E-state index is 13.2. The Balaban J connectivity index is 2.01. The first-order valence-corrected chi connectivity index (χ1v) is 9.64. The first-order chi connectivity index (χ1) is 13.8. The Labute approximate surface area is 176 Å². The largest absolute Gasteiger partial charge is 0.357 e. The number of H-pyrrole nitrogens is 1.